The first-order valence-electron chi connectivity index (χ1n) is 7.23. The lowest BCUT2D eigenvalue weighted by molar-refractivity contribution is -0.137. The molecule has 5 heteroatoms. The van der Waals surface area contributed by atoms with Crippen LogP contribution in [0.1, 0.15) is 26.7 Å². The Hall–Kier alpha value is -0.650. The molecule has 5 nitrogen and oxygen atoms in total. The molecule has 0 aliphatic carbocycles. The SMILES string of the molecule is CCN(C)C.CCN(C)C(=O)C1(NC)CCNCC1. The summed E-state index contributed by atoms with van der Waals surface area (Å²) in [5.74, 6) is 0.226. The Morgan fingerprint density at radius 2 is 1.63 bits per heavy atom. The van der Waals surface area contributed by atoms with Crippen LogP contribution in [-0.2, 0) is 4.79 Å². The van der Waals surface area contributed by atoms with Crippen LogP contribution >= 0.6 is 0 Å². The van der Waals surface area contributed by atoms with Crippen molar-refractivity contribution in [1.29, 1.82) is 0 Å². The van der Waals surface area contributed by atoms with E-state index in [1.807, 2.05) is 21.0 Å². The summed E-state index contributed by atoms with van der Waals surface area (Å²) >= 11 is 0. The van der Waals surface area contributed by atoms with Gasteiger partial charge in [0, 0.05) is 13.6 Å². The minimum Gasteiger partial charge on any atom is -0.344 e. The molecule has 19 heavy (non-hydrogen) atoms. The Morgan fingerprint density at radius 3 is 1.95 bits per heavy atom. The van der Waals surface area contributed by atoms with Crippen LogP contribution in [-0.4, -0.2) is 75.6 Å². The highest BCUT2D eigenvalue weighted by Gasteiger charge is 2.39. The molecule has 114 valence electrons. The smallest absolute Gasteiger partial charge is 0.242 e. The Kier molecular flexibility index (Phi) is 8.97. The molecule has 0 saturated carbocycles. The molecule has 1 aliphatic rings. The number of amides is 1. The number of likely N-dealkylation sites (N-methyl/N-ethyl adjacent to an activating group) is 2. The second-order valence-corrected chi connectivity index (χ2v) is 5.30. The topological polar surface area (TPSA) is 47.6 Å². The number of nitrogens with zero attached hydrogens (tertiary/aromatic N) is 2. The van der Waals surface area contributed by atoms with Gasteiger partial charge in [0.25, 0.3) is 0 Å². The number of carbonyl (C=O) groups excluding carboxylic acids is 1. The molecule has 1 rings (SSSR count). The van der Waals surface area contributed by atoms with Crippen LogP contribution in [0.3, 0.4) is 0 Å². The standard InChI is InChI=1S/C10H21N3O.C4H11N/c1-4-13(3)9(14)10(11-2)5-7-12-8-6-10;1-4-5(2)3/h11-12H,4-8H2,1-3H3;4H2,1-3H3. The summed E-state index contributed by atoms with van der Waals surface area (Å²) in [5.41, 5.74) is -0.323. The van der Waals surface area contributed by atoms with E-state index in [0.717, 1.165) is 39.0 Å². The molecule has 2 N–H and O–H groups in total. The van der Waals surface area contributed by atoms with E-state index in [0.29, 0.717) is 0 Å². The van der Waals surface area contributed by atoms with Gasteiger partial charge in [-0.1, -0.05) is 6.92 Å². The van der Waals surface area contributed by atoms with Crippen LogP contribution in [0, 0.1) is 0 Å². The van der Waals surface area contributed by atoms with Gasteiger partial charge in [-0.2, -0.15) is 0 Å². The first-order chi connectivity index (χ1) is 8.93. The third-order valence-electron chi connectivity index (χ3n) is 3.80. The second kappa shape index (κ2) is 9.28. The van der Waals surface area contributed by atoms with Gasteiger partial charge in [-0.25, -0.2) is 0 Å². The zero-order chi connectivity index (χ0) is 14.9. The largest absolute Gasteiger partial charge is 0.344 e. The van der Waals surface area contributed by atoms with Crippen molar-refractivity contribution in [3.05, 3.63) is 0 Å². The number of rotatable bonds is 4. The van der Waals surface area contributed by atoms with Crippen LogP contribution in [0.5, 0.6) is 0 Å². The fraction of sp³-hybridized carbons (Fsp3) is 0.929. The highest BCUT2D eigenvalue weighted by molar-refractivity contribution is 5.86. The van der Waals surface area contributed by atoms with E-state index in [2.05, 4.69) is 36.6 Å². The molecule has 0 radical (unpaired) electrons. The Balaban J connectivity index is 0.000000555. The maximum atomic E-state index is 12.1. The molecule has 0 unspecified atom stereocenters. The molecule has 0 aromatic rings. The first kappa shape index (κ1) is 18.4. The van der Waals surface area contributed by atoms with Crippen LogP contribution in [0.25, 0.3) is 0 Å². The number of piperidine rings is 1. The fourth-order valence-electron chi connectivity index (χ4n) is 1.93. The Morgan fingerprint density at radius 1 is 1.16 bits per heavy atom. The van der Waals surface area contributed by atoms with Gasteiger partial charge in [-0.15, -0.1) is 0 Å². The summed E-state index contributed by atoms with van der Waals surface area (Å²) in [4.78, 5) is 16.0. The van der Waals surface area contributed by atoms with Crippen molar-refractivity contribution < 1.29 is 4.79 Å². The van der Waals surface area contributed by atoms with Crippen molar-refractivity contribution in [2.75, 3.05) is 54.4 Å². The average molecular weight is 272 g/mol. The summed E-state index contributed by atoms with van der Waals surface area (Å²) in [6.45, 7) is 7.88. The van der Waals surface area contributed by atoms with Crippen molar-refractivity contribution in [2.45, 2.75) is 32.2 Å². The molecule has 1 fully saturated rings. The van der Waals surface area contributed by atoms with Gasteiger partial charge in [-0.3, -0.25) is 4.79 Å². The number of hydrogen-bond acceptors (Lipinski definition) is 4. The second-order valence-electron chi connectivity index (χ2n) is 5.30. The zero-order valence-corrected chi connectivity index (χ0v) is 13.5. The van der Waals surface area contributed by atoms with Gasteiger partial charge in [0.05, 0.1) is 0 Å². The monoisotopic (exact) mass is 272 g/mol. The van der Waals surface area contributed by atoms with Gasteiger partial charge >= 0.3 is 0 Å². The fourth-order valence-corrected chi connectivity index (χ4v) is 1.93. The van der Waals surface area contributed by atoms with E-state index in [9.17, 15) is 4.79 Å². The van der Waals surface area contributed by atoms with E-state index < -0.39 is 0 Å². The minimum atomic E-state index is -0.323. The van der Waals surface area contributed by atoms with E-state index in [4.69, 9.17) is 0 Å². The van der Waals surface area contributed by atoms with Gasteiger partial charge < -0.3 is 20.4 Å². The van der Waals surface area contributed by atoms with Gasteiger partial charge in [0.2, 0.25) is 5.91 Å². The molecule has 0 bridgehead atoms. The lowest BCUT2D eigenvalue weighted by Gasteiger charge is -2.38. The third kappa shape index (κ3) is 5.89. The molecule has 0 spiro atoms. The average Bonchev–Trinajstić information content (AvgIpc) is 2.46. The van der Waals surface area contributed by atoms with Crippen LogP contribution in [0.2, 0.25) is 0 Å². The van der Waals surface area contributed by atoms with Crippen molar-refractivity contribution in [2.24, 2.45) is 0 Å². The number of hydrogen-bond donors (Lipinski definition) is 2. The molecule has 0 atom stereocenters. The van der Waals surface area contributed by atoms with Crippen molar-refractivity contribution in [3.8, 4) is 0 Å². The molecular weight excluding hydrogens is 240 g/mol. The predicted molar refractivity (Wildman–Crippen MR) is 81.4 cm³/mol. The quantitative estimate of drug-likeness (QED) is 0.776. The summed E-state index contributed by atoms with van der Waals surface area (Å²) in [7, 11) is 7.86. The highest BCUT2D eigenvalue weighted by Crippen LogP contribution is 2.20. The summed E-state index contributed by atoms with van der Waals surface area (Å²) < 4.78 is 0. The molecular formula is C14H32N4O. The molecule has 1 heterocycles. The van der Waals surface area contributed by atoms with E-state index in [1.54, 1.807) is 4.90 Å². The third-order valence-corrected chi connectivity index (χ3v) is 3.80. The number of carbonyl (C=O) groups is 1. The van der Waals surface area contributed by atoms with E-state index in [1.165, 1.54) is 0 Å². The number of nitrogens with one attached hydrogen (secondary N) is 2. The highest BCUT2D eigenvalue weighted by atomic mass is 16.2. The van der Waals surface area contributed by atoms with Gasteiger partial charge in [0.1, 0.15) is 5.54 Å². The Labute approximate surface area is 118 Å². The predicted octanol–water partition coefficient (Wildman–Crippen LogP) is 0.374. The van der Waals surface area contributed by atoms with Crippen molar-refractivity contribution in [1.82, 2.24) is 20.4 Å². The van der Waals surface area contributed by atoms with E-state index >= 15 is 0 Å². The lowest BCUT2D eigenvalue weighted by Crippen LogP contribution is -2.60. The van der Waals surface area contributed by atoms with Crippen molar-refractivity contribution in [3.63, 3.8) is 0 Å². The van der Waals surface area contributed by atoms with E-state index in [-0.39, 0.29) is 11.4 Å². The van der Waals surface area contributed by atoms with Gasteiger partial charge in [0.15, 0.2) is 0 Å². The lowest BCUT2D eigenvalue weighted by atomic mass is 9.87. The van der Waals surface area contributed by atoms with Crippen LogP contribution < -0.4 is 10.6 Å². The molecule has 1 amide bonds. The first-order valence-corrected chi connectivity index (χ1v) is 7.23. The molecule has 0 aromatic carbocycles. The minimum absolute atomic E-state index is 0.226. The molecule has 0 aromatic heterocycles. The molecule has 1 aliphatic heterocycles. The van der Waals surface area contributed by atoms with Crippen molar-refractivity contribution >= 4 is 5.91 Å². The maximum Gasteiger partial charge on any atom is 0.242 e. The summed E-state index contributed by atoms with van der Waals surface area (Å²) in [6.07, 6.45) is 1.76. The van der Waals surface area contributed by atoms with Crippen LogP contribution in [0.4, 0.5) is 0 Å². The summed E-state index contributed by atoms with van der Waals surface area (Å²) in [5, 5.41) is 6.48. The summed E-state index contributed by atoms with van der Waals surface area (Å²) in [6, 6.07) is 0. The Bertz CT molecular complexity index is 250. The van der Waals surface area contributed by atoms with Crippen LogP contribution in [0.15, 0.2) is 0 Å². The van der Waals surface area contributed by atoms with Gasteiger partial charge in [-0.05, 0) is 60.5 Å². The zero-order valence-electron chi connectivity index (χ0n) is 13.5. The molecule has 1 saturated heterocycles. The normalized spacial score (nSPS) is 17.6. The maximum absolute atomic E-state index is 12.1.